The molecule has 1 heterocycles. The van der Waals surface area contributed by atoms with E-state index in [1.54, 1.807) is 24.3 Å². The van der Waals surface area contributed by atoms with Crippen LogP contribution in [-0.4, -0.2) is 41.4 Å². The predicted octanol–water partition coefficient (Wildman–Crippen LogP) is 1.12. The maximum Gasteiger partial charge on any atom is 0.326 e. The zero-order valence-electron chi connectivity index (χ0n) is 13.9. The van der Waals surface area contributed by atoms with Crippen LogP contribution >= 0.6 is 0 Å². The van der Waals surface area contributed by atoms with Crippen molar-refractivity contribution in [3.63, 3.8) is 0 Å². The Kier molecular flexibility index (Phi) is 6.10. The highest BCUT2D eigenvalue weighted by Gasteiger charge is 2.27. The van der Waals surface area contributed by atoms with E-state index in [4.69, 9.17) is 5.11 Å². The molecular formula is C17H21N3O5. The van der Waals surface area contributed by atoms with Crippen molar-refractivity contribution in [2.24, 2.45) is 0 Å². The monoisotopic (exact) mass is 347 g/mol. The summed E-state index contributed by atoms with van der Waals surface area (Å²) in [6.07, 6.45) is 0.711. The van der Waals surface area contributed by atoms with Crippen molar-refractivity contribution in [2.45, 2.75) is 38.6 Å². The van der Waals surface area contributed by atoms with Gasteiger partial charge in [0, 0.05) is 12.8 Å². The molecule has 0 fully saturated rings. The fourth-order valence-corrected chi connectivity index (χ4v) is 2.62. The lowest BCUT2D eigenvalue weighted by Crippen LogP contribution is -2.43. The lowest BCUT2D eigenvalue weighted by atomic mass is 10.1. The quantitative estimate of drug-likeness (QED) is 0.683. The van der Waals surface area contributed by atoms with Crippen molar-refractivity contribution in [3.8, 4) is 0 Å². The first kappa shape index (κ1) is 18.4. The number of aliphatic carboxylic acids is 1. The van der Waals surface area contributed by atoms with Crippen molar-refractivity contribution in [1.29, 1.82) is 0 Å². The van der Waals surface area contributed by atoms with Crippen molar-refractivity contribution in [1.82, 2.24) is 5.32 Å². The number of carbonyl (C=O) groups is 4. The standard InChI is InChI=1S/C17H21N3O5/c1-2-5-12(17(24)25)19-14(21)8-9-16(23)20-10-15(22)18-11-6-3-4-7-13(11)20/h3-4,6-7,12H,2,5,8-10H2,1H3,(H,18,22)(H,19,21)(H,24,25). The van der Waals surface area contributed by atoms with Gasteiger partial charge in [-0.05, 0) is 18.6 Å². The normalized spacial score (nSPS) is 14.3. The summed E-state index contributed by atoms with van der Waals surface area (Å²) in [5, 5.41) is 14.1. The highest BCUT2D eigenvalue weighted by Crippen LogP contribution is 2.29. The summed E-state index contributed by atoms with van der Waals surface area (Å²) in [6.45, 7) is 1.72. The lowest BCUT2D eigenvalue weighted by molar-refractivity contribution is -0.142. The average molecular weight is 347 g/mol. The van der Waals surface area contributed by atoms with E-state index in [9.17, 15) is 19.2 Å². The molecule has 1 atom stereocenters. The molecule has 0 spiro atoms. The minimum atomic E-state index is -1.09. The number of carboxylic acids is 1. The van der Waals surface area contributed by atoms with Gasteiger partial charge in [-0.3, -0.25) is 14.4 Å². The topological polar surface area (TPSA) is 116 Å². The zero-order chi connectivity index (χ0) is 18.4. The Bertz CT molecular complexity index is 689. The van der Waals surface area contributed by atoms with Gasteiger partial charge in [0.05, 0.1) is 11.4 Å². The first-order valence-electron chi connectivity index (χ1n) is 8.13. The van der Waals surface area contributed by atoms with Gasteiger partial charge in [0.2, 0.25) is 17.7 Å². The molecule has 134 valence electrons. The summed E-state index contributed by atoms with van der Waals surface area (Å²) in [7, 11) is 0. The van der Waals surface area contributed by atoms with Crippen molar-refractivity contribution in [3.05, 3.63) is 24.3 Å². The number of anilines is 2. The summed E-state index contributed by atoms with van der Waals surface area (Å²) in [5.41, 5.74) is 1.13. The number of hydrogen-bond acceptors (Lipinski definition) is 4. The van der Waals surface area contributed by atoms with Gasteiger partial charge in [-0.2, -0.15) is 0 Å². The summed E-state index contributed by atoms with van der Waals surface area (Å²) >= 11 is 0. The third-order valence-electron chi connectivity index (χ3n) is 3.85. The third kappa shape index (κ3) is 4.79. The Balaban J connectivity index is 1.95. The van der Waals surface area contributed by atoms with E-state index in [0.29, 0.717) is 24.2 Å². The van der Waals surface area contributed by atoms with E-state index < -0.39 is 17.9 Å². The summed E-state index contributed by atoms with van der Waals surface area (Å²) < 4.78 is 0. The molecule has 1 unspecified atom stereocenters. The van der Waals surface area contributed by atoms with Crippen LogP contribution in [0.15, 0.2) is 24.3 Å². The Hall–Kier alpha value is -2.90. The molecule has 3 N–H and O–H groups in total. The molecule has 8 nitrogen and oxygen atoms in total. The second-order valence-corrected chi connectivity index (χ2v) is 5.79. The van der Waals surface area contributed by atoms with Gasteiger partial charge in [-0.25, -0.2) is 4.79 Å². The molecule has 0 aromatic heterocycles. The molecule has 1 aromatic rings. The molecule has 0 aliphatic carbocycles. The fraction of sp³-hybridized carbons (Fsp3) is 0.412. The summed E-state index contributed by atoms with van der Waals surface area (Å²) in [5.74, 6) is -2.25. The van der Waals surface area contributed by atoms with E-state index in [1.165, 1.54) is 4.90 Å². The third-order valence-corrected chi connectivity index (χ3v) is 3.85. The molecule has 0 saturated carbocycles. The van der Waals surface area contributed by atoms with Gasteiger partial charge < -0.3 is 20.6 Å². The van der Waals surface area contributed by atoms with Gasteiger partial charge in [0.1, 0.15) is 12.6 Å². The average Bonchev–Trinajstić information content (AvgIpc) is 2.58. The molecule has 0 radical (unpaired) electrons. The van der Waals surface area contributed by atoms with E-state index in [1.807, 2.05) is 6.92 Å². The summed E-state index contributed by atoms with van der Waals surface area (Å²) in [6, 6.07) is 5.97. The van der Waals surface area contributed by atoms with Crippen LogP contribution in [0, 0.1) is 0 Å². The number of fused-ring (bicyclic) bond motifs is 1. The molecule has 8 heteroatoms. The van der Waals surface area contributed by atoms with Gasteiger partial charge in [0.25, 0.3) is 0 Å². The predicted molar refractivity (Wildman–Crippen MR) is 91.1 cm³/mol. The maximum absolute atomic E-state index is 12.4. The lowest BCUT2D eigenvalue weighted by Gasteiger charge is -2.29. The number of para-hydroxylation sites is 2. The maximum atomic E-state index is 12.4. The second-order valence-electron chi connectivity index (χ2n) is 5.79. The molecular weight excluding hydrogens is 326 g/mol. The largest absolute Gasteiger partial charge is 0.480 e. The molecule has 0 saturated heterocycles. The Morgan fingerprint density at radius 2 is 2.00 bits per heavy atom. The Labute approximate surface area is 145 Å². The second kappa shape index (κ2) is 8.27. The Morgan fingerprint density at radius 3 is 2.68 bits per heavy atom. The van der Waals surface area contributed by atoms with E-state index >= 15 is 0 Å². The molecule has 1 aromatic carbocycles. The van der Waals surface area contributed by atoms with Crippen molar-refractivity contribution >= 4 is 35.1 Å². The molecule has 0 bridgehead atoms. The number of nitrogens with one attached hydrogen (secondary N) is 2. The number of benzene rings is 1. The van der Waals surface area contributed by atoms with Crippen LogP contribution < -0.4 is 15.5 Å². The summed E-state index contributed by atoms with van der Waals surface area (Å²) in [4.78, 5) is 48.4. The van der Waals surface area contributed by atoms with Crippen LogP contribution in [0.5, 0.6) is 0 Å². The van der Waals surface area contributed by atoms with Gasteiger partial charge in [0.15, 0.2) is 0 Å². The van der Waals surface area contributed by atoms with E-state index in [0.717, 1.165) is 0 Å². The molecule has 1 aliphatic heterocycles. The SMILES string of the molecule is CCCC(NC(=O)CCC(=O)N1CC(=O)Nc2ccccc21)C(=O)O. The number of carbonyl (C=O) groups excluding carboxylic acids is 3. The van der Waals surface area contributed by atoms with Crippen LogP contribution in [0.3, 0.4) is 0 Å². The van der Waals surface area contributed by atoms with Crippen LogP contribution in [-0.2, 0) is 19.2 Å². The minimum absolute atomic E-state index is 0.105. The van der Waals surface area contributed by atoms with Crippen molar-refractivity contribution < 1.29 is 24.3 Å². The molecule has 25 heavy (non-hydrogen) atoms. The Morgan fingerprint density at radius 1 is 1.28 bits per heavy atom. The number of carboxylic acid groups (broad SMARTS) is 1. The highest BCUT2D eigenvalue weighted by molar-refractivity contribution is 6.10. The van der Waals surface area contributed by atoms with E-state index in [2.05, 4.69) is 10.6 Å². The van der Waals surface area contributed by atoms with Crippen LogP contribution in [0.2, 0.25) is 0 Å². The van der Waals surface area contributed by atoms with E-state index in [-0.39, 0.29) is 31.2 Å². The number of amides is 3. The highest BCUT2D eigenvalue weighted by atomic mass is 16.4. The number of nitrogens with zero attached hydrogens (tertiary/aromatic N) is 1. The van der Waals surface area contributed by atoms with Gasteiger partial charge >= 0.3 is 5.97 Å². The molecule has 2 rings (SSSR count). The van der Waals surface area contributed by atoms with Crippen LogP contribution in [0.25, 0.3) is 0 Å². The zero-order valence-corrected chi connectivity index (χ0v) is 13.9. The van der Waals surface area contributed by atoms with Crippen LogP contribution in [0.4, 0.5) is 11.4 Å². The van der Waals surface area contributed by atoms with Gasteiger partial charge in [-0.15, -0.1) is 0 Å². The van der Waals surface area contributed by atoms with Crippen LogP contribution in [0.1, 0.15) is 32.6 Å². The first-order valence-corrected chi connectivity index (χ1v) is 8.13. The first-order chi connectivity index (χ1) is 11.9. The smallest absolute Gasteiger partial charge is 0.326 e. The number of hydrogen-bond donors (Lipinski definition) is 3. The molecule has 3 amide bonds. The van der Waals surface area contributed by atoms with Crippen molar-refractivity contribution in [2.75, 3.05) is 16.8 Å². The fourth-order valence-electron chi connectivity index (χ4n) is 2.62. The molecule has 1 aliphatic rings. The van der Waals surface area contributed by atoms with Gasteiger partial charge in [-0.1, -0.05) is 25.5 Å². The minimum Gasteiger partial charge on any atom is -0.480 e. The number of rotatable bonds is 7.